The van der Waals surface area contributed by atoms with E-state index in [9.17, 15) is 14.7 Å². The summed E-state index contributed by atoms with van der Waals surface area (Å²) in [4.78, 5) is 31.0. The van der Waals surface area contributed by atoms with Crippen LogP contribution >= 0.6 is 0 Å². The minimum absolute atomic E-state index is 0. The van der Waals surface area contributed by atoms with Crippen molar-refractivity contribution in [2.45, 2.75) is 52.6 Å². The Morgan fingerprint density at radius 1 is 0.968 bits per heavy atom. The number of carboxylic acid groups (broad SMARTS) is 1. The van der Waals surface area contributed by atoms with Gasteiger partial charge in [-0.05, 0) is 36.8 Å². The Morgan fingerprint density at radius 2 is 1.45 bits per heavy atom. The monoisotopic (exact) mass is 668 g/mol. The zero-order chi connectivity index (χ0) is 22.1. The van der Waals surface area contributed by atoms with E-state index in [-0.39, 0.29) is 11.8 Å². The number of carbonyl (C=O) groups is 2. The number of aliphatic carboxylic acids is 1. The van der Waals surface area contributed by atoms with Crippen LogP contribution in [-0.2, 0) is 20.0 Å². The van der Waals surface area contributed by atoms with Crippen LogP contribution in [0.5, 0.6) is 0 Å². The van der Waals surface area contributed by atoms with Crippen LogP contribution in [0, 0.1) is 17.8 Å². The van der Waals surface area contributed by atoms with Gasteiger partial charge in [0.15, 0.2) is 0 Å². The van der Waals surface area contributed by atoms with Gasteiger partial charge in [0.1, 0.15) is 5.60 Å². The first-order chi connectivity index (χ1) is 14.3. The molecule has 2 atom stereocenters. The third kappa shape index (κ3) is 6.41. The van der Waals surface area contributed by atoms with Gasteiger partial charge in [-0.3, -0.25) is 14.4 Å². The second-order valence-corrected chi connectivity index (χ2v) is 8.30. The summed E-state index contributed by atoms with van der Waals surface area (Å²) >= 11 is 0. The van der Waals surface area contributed by atoms with Crippen molar-refractivity contribution >= 4 is 11.9 Å². The van der Waals surface area contributed by atoms with Crippen LogP contribution in [0.3, 0.4) is 0 Å². The Labute approximate surface area is 179 Å². The molecule has 2 N–H and O–H groups in total. The zero-order valence-corrected chi connectivity index (χ0v) is 21.0. The maximum absolute atomic E-state index is 13.1. The predicted molar refractivity (Wildman–Crippen MR) is 118 cm³/mol. The van der Waals surface area contributed by atoms with E-state index < -0.39 is 23.4 Å². The third-order valence-corrected chi connectivity index (χ3v) is 5.47. The number of hydroxylamine groups is 1. The summed E-state index contributed by atoms with van der Waals surface area (Å²) in [5.74, 6) is -2.54. The van der Waals surface area contributed by atoms with Crippen LogP contribution in [-0.4, -0.2) is 17.0 Å². The van der Waals surface area contributed by atoms with Crippen LogP contribution in [0.4, 0.5) is 0 Å². The molecule has 31 heavy (non-hydrogen) atoms. The second-order valence-electron chi connectivity index (χ2n) is 8.30. The normalized spacial score (nSPS) is 13.2. The predicted octanol–water partition coefficient (Wildman–Crippen LogP) is 5.16. The topological polar surface area (TPSA) is 75.6 Å². The molecule has 1 unspecified atom stereocenters. The number of rotatable bonds is 11. The molecule has 0 spiro atoms. The molecule has 0 aliphatic carbocycles. The number of carboxylic acids is 1. The summed E-state index contributed by atoms with van der Waals surface area (Å²) in [6.45, 7) is 7.79. The smallest absolute Gasteiger partial charge is 0.307 e. The zero-order valence-electron chi connectivity index (χ0n) is 18.6. The number of benzene rings is 2. The number of hydrogen-bond acceptors (Lipinski definition) is 3. The Kier molecular flexibility index (Phi) is 9.42. The first-order valence-electron chi connectivity index (χ1n) is 10.6. The van der Waals surface area contributed by atoms with Crippen molar-refractivity contribution in [3.8, 4) is 0 Å². The fraction of sp³-hybridized carbons (Fsp3) is 0.440. The molecule has 5 nitrogen and oxygen atoms in total. The second kappa shape index (κ2) is 11.5. The number of nitrogens with one attached hydrogen (secondary N) is 1. The summed E-state index contributed by atoms with van der Waals surface area (Å²) in [6, 6.07) is 19.3. The summed E-state index contributed by atoms with van der Waals surface area (Å²) in [5, 5.41) is 9.73. The van der Waals surface area contributed by atoms with Crippen LogP contribution in [0.25, 0.3) is 0 Å². The van der Waals surface area contributed by atoms with E-state index in [2.05, 4.69) is 5.48 Å². The van der Waals surface area contributed by atoms with Crippen LogP contribution in [0.15, 0.2) is 60.7 Å². The van der Waals surface area contributed by atoms with Crippen LogP contribution in [0.1, 0.15) is 58.1 Å². The van der Waals surface area contributed by atoms with Gasteiger partial charge in [-0.25, -0.2) is 5.48 Å². The van der Waals surface area contributed by atoms with Crippen molar-refractivity contribution in [1.82, 2.24) is 5.48 Å². The molecule has 0 bridgehead atoms. The van der Waals surface area contributed by atoms with Gasteiger partial charge in [-0.15, -0.1) is 0 Å². The van der Waals surface area contributed by atoms with Crippen LogP contribution < -0.4 is 5.48 Å². The van der Waals surface area contributed by atoms with Crippen molar-refractivity contribution in [1.29, 1.82) is 0 Å². The molecule has 0 aliphatic heterocycles. The van der Waals surface area contributed by atoms with E-state index in [0.29, 0.717) is 19.3 Å². The minimum Gasteiger partial charge on any atom is -0.481 e. The summed E-state index contributed by atoms with van der Waals surface area (Å²) in [5.41, 5.74) is 3.48. The maximum atomic E-state index is 13.1. The Hall–Kier alpha value is -3.66. The molecule has 0 aromatic heterocycles. The quantitative estimate of drug-likeness (QED) is 0.325. The molecule has 6 heteroatoms. The van der Waals surface area contributed by atoms with Crippen molar-refractivity contribution in [3.05, 3.63) is 71.8 Å². The largest absolute Gasteiger partial charge is 0.481 e. The third-order valence-electron chi connectivity index (χ3n) is 5.47. The molecule has 0 saturated carbocycles. The van der Waals surface area contributed by atoms with Gasteiger partial charge in [0.2, 0.25) is 5.91 Å². The molecule has 2 aromatic carbocycles. The van der Waals surface area contributed by atoms with E-state index in [1.54, 1.807) is 0 Å². The molecule has 174 valence electrons. The van der Waals surface area contributed by atoms with Crippen molar-refractivity contribution in [3.63, 3.8) is 0 Å². The molecular formula is C25H33FmNO4. The van der Waals surface area contributed by atoms with E-state index in [4.69, 9.17) is 4.84 Å². The molecule has 2 rings (SSSR count). The number of carbonyl (C=O) groups excluding carboxylic acids is 1. The SMILES string of the molecule is CCC[C@H](C(=O)NOC(C)(c1ccccc1)c1ccccc1)C(CC(C)C)C(=O)O.[Fm]. The van der Waals surface area contributed by atoms with Crippen molar-refractivity contribution < 1.29 is 19.5 Å². The Bertz CT molecular complexity index is 771. The van der Waals surface area contributed by atoms with Gasteiger partial charge in [-0.1, -0.05) is 87.9 Å². The van der Waals surface area contributed by atoms with E-state index in [1.165, 1.54) is 0 Å². The van der Waals surface area contributed by atoms with E-state index in [1.807, 2.05) is 88.4 Å². The first kappa shape index (κ1) is 25.4. The number of hydrogen-bond donors (Lipinski definition) is 2. The molecule has 0 heterocycles. The Morgan fingerprint density at radius 3 is 1.84 bits per heavy atom. The van der Waals surface area contributed by atoms with Gasteiger partial charge < -0.3 is 5.11 Å². The fourth-order valence-electron chi connectivity index (χ4n) is 3.80. The summed E-state index contributed by atoms with van der Waals surface area (Å²) in [7, 11) is 0. The molecule has 0 saturated heterocycles. The van der Waals surface area contributed by atoms with Gasteiger partial charge >= 0.3 is 5.97 Å². The van der Waals surface area contributed by atoms with Gasteiger partial charge in [0.05, 0.1) is 11.8 Å². The van der Waals surface area contributed by atoms with E-state index >= 15 is 0 Å². The maximum Gasteiger partial charge on any atom is 0.307 e. The molecule has 2 aromatic rings. The van der Waals surface area contributed by atoms with Crippen molar-refractivity contribution in [2.75, 3.05) is 0 Å². The van der Waals surface area contributed by atoms with Crippen molar-refractivity contribution in [2.24, 2.45) is 17.8 Å². The average Bonchev–Trinajstić information content (AvgIpc) is 2.75. The van der Waals surface area contributed by atoms with E-state index in [0.717, 1.165) is 11.1 Å². The van der Waals surface area contributed by atoms with Crippen LogP contribution in [0.2, 0.25) is 0 Å². The van der Waals surface area contributed by atoms with Gasteiger partial charge in [-0.2, -0.15) is 0 Å². The Balaban J connectivity index is 0.00000480. The molecule has 1 amide bonds. The van der Waals surface area contributed by atoms with Gasteiger partial charge in [0.25, 0.3) is 0 Å². The molecule has 0 radical (unpaired) electrons. The first-order valence-corrected chi connectivity index (χ1v) is 10.6. The minimum atomic E-state index is -0.939. The van der Waals surface area contributed by atoms with Gasteiger partial charge in [0, 0.05) is 0 Å². The average molecular weight is 669 g/mol. The number of amides is 1. The summed E-state index contributed by atoms with van der Waals surface area (Å²) in [6.07, 6.45) is 1.66. The molecule has 0 fully saturated rings. The molecule has 0 aliphatic rings. The fourth-order valence-corrected chi connectivity index (χ4v) is 3.80. The molecular weight excluding hydrogens is 635 g/mol. The standard InChI is InChI=1S/C25H33NO4.Fm/c1-5-12-21(22(24(28)29)17-18(2)3)23(27)26-30-25(4,19-13-8-6-9-14-19)20-15-10-7-11-16-20;/h6-11,13-16,18,21-22H,5,12,17H2,1-4H3,(H,26,27)(H,28,29);/t21-,22?;/m0./s1. The summed E-state index contributed by atoms with van der Waals surface area (Å²) < 4.78 is 0.